The summed E-state index contributed by atoms with van der Waals surface area (Å²) in [5.74, 6) is 2.20. The Balaban J connectivity index is 1.68. The normalized spacial score (nSPS) is 25.1. The molecule has 1 fully saturated rings. The van der Waals surface area contributed by atoms with Crippen molar-refractivity contribution >= 4 is 5.82 Å². The SMILES string of the molecule is Cc1nc(N2CCCCC2)c2c(n1)C1(CCC2)CCc2ccccc21. The van der Waals surface area contributed by atoms with E-state index in [0.717, 1.165) is 25.3 Å². The lowest BCUT2D eigenvalue weighted by Crippen LogP contribution is -2.36. The monoisotopic (exact) mass is 333 g/mol. The van der Waals surface area contributed by atoms with Crippen molar-refractivity contribution in [2.75, 3.05) is 18.0 Å². The maximum absolute atomic E-state index is 5.07. The highest BCUT2D eigenvalue weighted by atomic mass is 15.2. The van der Waals surface area contributed by atoms with Crippen LogP contribution in [0.15, 0.2) is 24.3 Å². The number of hydrogen-bond donors (Lipinski definition) is 0. The van der Waals surface area contributed by atoms with Crippen molar-refractivity contribution in [1.29, 1.82) is 0 Å². The van der Waals surface area contributed by atoms with E-state index in [1.807, 2.05) is 0 Å². The summed E-state index contributed by atoms with van der Waals surface area (Å²) in [5, 5.41) is 0. The Morgan fingerprint density at radius 2 is 1.76 bits per heavy atom. The van der Waals surface area contributed by atoms with Gasteiger partial charge in [0.2, 0.25) is 0 Å². The largest absolute Gasteiger partial charge is 0.356 e. The Bertz CT molecular complexity index is 807. The van der Waals surface area contributed by atoms with Crippen LogP contribution in [0.2, 0.25) is 0 Å². The highest BCUT2D eigenvalue weighted by Crippen LogP contribution is 2.51. The van der Waals surface area contributed by atoms with Gasteiger partial charge in [0.25, 0.3) is 0 Å². The number of aromatic nitrogens is 2. The Morgan fingerprint density at radius 1 is 0.920 bits per heavy atom. The lowest BCUT2D eigenvalue weighted by Gasteiger charge is -2.39. The van der Waals surface area contributed by atoms with Gasteiger partial charge in [0, 0.05) is 24.1 Å². The Morgan fingerprint density at radius 3 is 2.64 bits per heavy atom. The van der Waals surface area contributed by atoms with Gasteiger partial charge in [-0.3, -0.25) is 0 Å². The van der Waals surface area contributed by atoms with Gasteiger partial charge < -0.3 is 4.90 Å². The van der Waals surface area contributed by atoms with Gasteiger partial charge in [-0.05, 0) is 69.4 Å². The van der Waals surface area contributed by atoms with Crippen molar-refractivity contribution in [2.24, 2.45) is 0 Å². The summed E-state index contributed by atoms with van der Waals surface area (Å²) in [5.41, 5.74) is 6.03. The van der Waals surface area contributed by atoms with E-state index < -0.39 is 0 Å². The molecule has 1 aliphatic heterocycles. The molecule has 0 amide bonds. The third-order valence-corrected chi connectivity index (χ3v) is 6.59. The molecule has 0 bridgehead atoms. The topological polar surface area (TPSA) is 29.0 Å². The zero-order chi connectivity index (χ0) is 16.9. The second-order valence-electron chi connectivity index (χ2n) is 8.06. The minimum atomic E-state index is 0.141. The van der Waals surface area contributed by atoms with Gasteiger partial charge in [0.1, 0.15) is 11.6 Å². The van der Waals surface area contributed by atoms with Gasteiger partial charge in [-0.15, -0.1) is 0 Å². The molecular weight excluding hydrogens is 306 g/mol. The number of piperidine rings is 1. The van der Waals surface area contributed by atoms with Crippen LogP contribution in [0.1, 0.15) is 66.7 Å². The molecule has 0 radical (unpaired) electrons. The maximum Gasteiger partial charge on any atom is 0.135 e. The average molecular weight is 333 g/mol. The predicted octanol–water partition coefficient (Wildman–Crippen LogP) is 4.34. The summed E-state index contributed by atoms with van der Waals surface area (Å²) >= 11 is 0. The Hall–Kier alpha value is -1.90. The summed E-state index contributed by atoms with van der Waals surface area (Å²) < 4.78 is 0. The predicted molar refractivity (Wildman–Crippen MR) is 101 cm³/mol. The second kappa shape index (κ2) is 5.82. The van der Waals surface area contributed by atoms with E-state index in [-0.39, 0.29) is 5.41 Å². The number of nitrogens with zero attached hydrogens (tertiary/aromatic N) is 3. The quantitative estimate of drug-likeness (QED) is 0.777. The molecule has 2 aliphatic carbocycles. The first-order chi connectivity index (χ1) is 12.3. The minimum Gasteiger partial charge on any atom is -0.356 e. The molecule has 1 unspecified atom stereocenters. The van der Waals surface area contributed by atoms with Gasteiger partial charge in [-0.1, -0.05) is 24.3 Å². The molecule has 2 heterocycles. The third kappa shape index (κ3) is 2.32. The van der Waals surface area contributed by atoms with Crippen molar-refractivity contribution in [3.05, 3.63) is 52.5 Å². The van der Waals surface area contributed by atoms with E-state index in [9.17, 15) is 0 Å². The number of fused-ring (bicyclic) bond motifs is 4. The highest BCUT2D eigenvalue weighted by Gasteiger charge is 2.45. The summed E-state index contributed by atoms with van der Waals surface area (Å²) in [6.45, 7) is 4.40. The average Bonchev–Trinajstić information content (AvgIpc) is 3.02. The van der Waals surface area contributed by atoms with Gasteiger partial charge >= 0.3 is 0 Å². The van der Waals surface area contributed by atoms with Gasteiger partial charge in [-0.25, -0.2) is 9.97 Å². The molecule has 130 valence electrons. The molecule has 1 saturated heterocycles. The van der Waals surface area contributed by atoms with E-state index in [2.05, 4.69) is 36.1 Å². The van der Waals surface area contributed by atoms with E-state index >= 15 is 0 Å². The van der Waals surface area contributed by atoms with Crippen molar-refractivity contribution in [2.45, 2.75) is 63.7 Å². The van der Waals surface area contributed by atoms with E-state index in [1.54, 1.807) is 5.56 Å². The second-order valence-corrected chi connectivity index (χ2v) is 8.06. The summed E-state index contributed by atoms with van der Waals surface area (Å²) in [7, 11) is 0. The summed E-state index contributed by atoms with van der Waals surface area (Å²) in [6.07, 6.45) is 10.0. The van der Waals surface area contributed by atoms with Crippen LogP contribution in [0.5, 0.6) is 0 Å². The number of benzene rings is 1. The highest BCUT2D eigenvalue weighted by molar-refractivity contribution is 5.57. The number of hydrogen-bond acceptors (Lipinski definition) is 3. The fourth-order valence-corrected chi connectivity index (χ4v) is 5.45. The van der Waals surface area contributed by atoms with Crippen LogP contribution in [0, 0.1) is 6.92 Å². The fraction of sp³-hybridized carbons (Fsp3) is 0.545. The molecule has 3 aliphatic rings. The van der Waals surface area contributed by atoms with Gasteiger partial charge in [-0.2, -0.15) is 0 Å². The van der Waals surface area contributed by atoms with Gasteiger partial charge in [0.05, 0.1) is 5.69 Å². The minimum absolute atomic E-state index is 0.141. The van der Waals surface area contributed by atoms with Crippen LogP contribution in [0.25, 0.3) is 0 Å². The molecule has 2 aromatic rings. The van der Waals surface area contributed by atoms with Crippen LogP contribution < -0.4 is 4.90 Å². The molecule has 1 atom stereocenters. The zero-order valence-corrected chi connectivity index (χ0v) is 15.2. The van der Waals surface area contributed by atoms with Crippen LogP contribution in [-0.2, 0) is 18.3 Å². The van der Waals surface area contributed by atoms with Crippen LogP contribution >= 0.6 is 0 Å². The number of anilines is 1. The summed E-state index contributed by atoms with van der Waals surface area (Å²) in [4.78, 5) is 12.5. The summed E-state index contributed by atoms with van der Waals surface area (Å²) in [6, 6.07) is 9.07. The molecule has 3 heteroatoms. The Labute approximate surface area is 150 Å². The first-order valence-electron chi connectivity index (χ1n) is 9.99. The van der Waals surface area contributed by atoms with Crippen molar-refractivity contribution < 1.29 is 0 Å². The molecular formula is C22H27N3. The first-order valence-corrected chi connectivity index (χ1v) is 9.99. The molecule has 5 rings (SSSR count). The van der Waals surface area contributed by atoms with E-state index in [0.29, 0.717) is 0 Å². The Kier molecular flexibility index (Phi) is 3.58. The molecule has 0 saturated carbocycles. The van der Waals surface area contributed by atoms with Crippen molar-refractivity contribution in [3.8, 4) is 0 Å². The molecule has 25 heavy (non-hydrogen) atoms. The first kappa shape index (κ1) is 15.4. The third-order valence-electron chi connectivity index (χ3n) is 6.59. The van der Waals surface area contributed by atoms with Crippen LogP contribution in [0.3, 0.4) is 0 Å². The smallest absolute Gasteiger partial charge is 0.135 e. The standard InChI is InChI=1S/C22H27N3/c1-16-23-20-18(21(24-16)25-14-5-2-6-15-25)9-7-12-22(20)13-11-17-8-3-4-10-19(17)22/h3-4,8,10H,2,5-7,9,11-15H2,1H3. The molecule has 1 aromatic carbocycles. The van der Waals surface area contributed by atoms with Gasteiger partial charge in [0.15, 0.2) is 0 Å². The molecule has 1 aromatic heterocycles. The maximum atomic E-state index is 5.07. The molecule has 0 N–H and O–H groups in total. The van der Waals surface area contributed by atoms with Crippen molar-refractivity contribution in [3.63, 3.8) is 0 Å². The van der Waals surface area contributed by atoms with Crippen molar-refractivity contribution in [1.82, 2.24) is 9.97 Å². The molecule has 1 spiro atoms. The lowest BCUT2D eigenvalue weighted by molar-refractivity contribution is 0.409. The van der Waals surface area contributed by atoms with Crippen LogP contribution in [0.4, 0.5) is 5.82 Å². The zero-order valence-electron chi connectivity index (χ0n) is 15.2. The molecule has 3 nitrogen and oxygen atoms in total. The fourth-order valence-electron chi connectivity index (χ4n) is 5.45. The number of rotatable bonds is 1. The lowest BCUT2D eigenvalue weighted by atomic mass is 9.69. The number of aryl methyl sites for hydroxylation is 2. The van der Waals surface area contributed by atoms with E-state index in [4.69, 9.17) is 9.97 Å². The van der Waals surface area contributed by atoms with E-state index in [1.165, 1.54) is 67.6 Å². The van der Waals surface area contributed by atoms with Crippen LogP contribution in [-0.4, -0.2) is 23.1 Å².